The summed E-state index contributed by atoms with van der Waals surface area (Å²) in [7, 11) is 1.63. The van der Waals surface area contributed by atoms with Crippen LogP contribution in [0.2, 0.25) is 5.28 Å². The minimum Gasteiger partial charge on any atom is -0.329 e. The molecule has 0 spiro atoms. The highest BCUT2D eigenvalue weighted by molar-refractivity contribution is 6.28. The summed E-state index contributed by atoms with van der Waals surface area (Å²) in [4.78, 5) is 8.59. The van der Waals surface area contributed by atoms with E-state index in [1.54, 1.807) is 19.2 Å². The van der Waals surface area contributed by atoms with E-state index in [0.717, 1.165) is 17.3 Å². The third-order valence-corrected chi connectivity index (χ3v) is 2.97. The van der Waals surface area contributed by atoms with Gasteiger partial charge in [0.05, 0.1) is 0 Å². The highest BCUT2D eigenvalue weighted by Crippen LogP contribution is 2.32. The molecular formula is C13H11ClF3N3. The van der Waals surface area contributed by atoms with Crippen LogP contribution >= 0.6 is 11.6 Å². The fraction of sp³-hybridized carbons (Fsp3) is 0.231. The van der Waals surface area contributed by atoms with Crippen LogP contribution in [0.4, 0.5) is 24.7 Å². The predicted octanol–water partition coefficient (Wildman–Crippen LogP) is 4.23. The van der Waals surface area contributed by atoms with Crippen LogP contribution in [0.5, 0.6) is 0 Å². The maximum Gasteiger partial charge on any atom is 0.433 e. The normalized spacial score (nSPS) is 11.5. The second-order valence-electron chi connectivity index (χ2n) is 4.22. The molecule has 2 aromatic rings. The molecule has 0 aliphatic heterocycles. The van der Waals surface area contributed by atoms with Gasteiger partial charge in [-0.1, -0.05) is 18.2 Å². The number of alkyl halides is 3. The SMILES string of the molecule is Cc1ccccc1N(C)c1cc(C(F)(F)F)nc(Cl)n1. The molecule has 0 unspecified atom stereocenters. The van der Waals surface area contributed by atoms with Gasteiger partial charge in [-0.25, -0.2) is 9.97 Å². The van der Waals surface area contributed by atoms with Gasteiger partial charge in [0.15, 0.2) is 5.69 Å². The van der Waals surface area contributed by atoms with Gasteiger partial charge in [0.25, 0.3) is 0 Å². The van der Waals surface area contributed by atoms with Gasteiger partial charge in [-0.05, 0) is 30.2 Å². The zero-order valence-electron chi connectivity index (χ0n) is 10.7. The van der Waals surface area contributed by atoms with Gasteiger partial charge in [-0.2, -0.15) is 13.2 Å². The lowest BCUT2D eigenvalue weighted by Gasteiger charge is -2.21. The minimum atomic E-state index is -4.56. The van der Waals surface area contributed by atoms with Crippen molar-refractivity contribution in [3.8, 4) is 0 Å². The van der Waals surface area contributed by atoms with Crippen LogP contribution in [0.1, 0.15) is 11.3 Å². The highest BCUT2D eigenvalue weighted by Gasteiger charge is 2.34. The van der Waals surface area contributed by atoms with Gasteiger partial charge in [-0.15, -0.1) is 0 Å². The van der Waals surface area contributed by atoms with E-state index in [-0.39, 0.29) is 5.82 Å². The van der Waals surface area contributed by atoms with Crippen molar-refractivity contribution in [2.45, 2.75) is 13.1 Å². The molecule has 0 aliphatic carbocycles. The summed E-state index contributed by atoms with van der Waals surface area (Å²) in [5, 5.41) is -0.435. The molecule has 7 heteroatoms. The smallest absolute Gasteiger partial charge is 0.329 e. The Labute approximate surface area is 119 Å². The highest BCUT2D eigenvalue weighted by atomic mass is 35.5. The molecule has 2 rings (SSSR count). The van der Waals surface area contributed by atoms with E-state index < -0.39 is 17.2 Å². The molecule has 20 heavy (non-hydrogen) atoms. The maximum absolute atomic E-state index is 12.7. The minimum absolute atomic E-state index is 0.0895. The molecule has 106 valence electrons. The zero-order chi connectivity index (χ0) is 14.9. The van der Waals surface area contributed by atoms with E-state index in [1.807, 2.05) is 19.1 Å². The number of para-hydroxylation sites is 1. The Balaban J connectivity index is 2.48. The summed E-state index contributed by atoms with van der Waals surface area (Å²) in [5.41, 5.74) is 0.599. The molecule has 1 heterocycles. The molecular weight excluding hydrogens is 291 g/mol. The number of halogens is 4. The Hall–Kier alpha value is -1.82. The third-order valence-electron chi connectivity index (χ3n) is 2.80. The molecule has 0 radical (unpaired) electrons. The Kier molecular flexibility index (Phi) is 3.85. The Bertz CT molecular complexity index is 628. The molecule has 0 atom stereocenters. The Morgan fingerprint density at radius 2 is 1.80 bits per heavy atom. The van der Waals surface area contributed by atoms with E-state index in [1.165, 1.54) is 4.90 Å². The zero-order valence-corrected chi connectivity index (χ0v) is 11.5. The molecule has 1 aromatic carbocycles. The number of rotatable bonds is 2. The number of anilines is 2. The summed E-state index contributed by atoms with van der Waals surface area (Å²) in [6, 6.07) is 8.17. The summed E-state index contributed by atoms with van der Waals surface area (Å²) in [6.07, 6.45) is -4.56. The van der Waals surface area contributed by atoms with Crippen molar-refractivity contribution in [2.75, 3.05) is 11.9 Å². The van der Waals surface area contributed by atoms with Crippen LogP contribution < -0.4 is 4.90 Å². The number of hydrogen-bond acceptors (Lipinski definition) is 3. The largest absolute Gasteiger partial charge is 0.433 e. The van der Waals surface area contributed by atoms with E-state index in [9.17, 15) is 13.2 Å². The summed E-state index contributed by atoms with van der Waals surface area (Å²) in [5.74, 6) is 0.0895. The molecule has 0 N–H and O–H groups in total. The molecule has 0 fully saturated rings. The van der Waals surface area contributed by atoms with Crippen LogP contribution in [0.25, 0.3) is 0 Å². The van der Waals surface area contributed by atoms with Gasteiger partial charge in [0.1, 0.15) is 5.82 Å². The average molecular weight is 302 g/mol. The van der Waals surface area contributed by atoms with Gasteiger partial charge in [-0.3, -0.25) is 0 Å². The second kappa shape index (κ2) is 5.28. The molecule has 0 saturated carbocycles. The first-order valence-electron chi connectivity index (χ1n) is 5.70. The molecule has 0 amide bonds. The van der Waals surface area contributed by atoms with Crippen molar-refractivity contribution in [3.05, 3.63) is 46.9 Å². The molecule has 1 aromatic heterocycles. The predicted molar refractivity (Wildman–Crippen MR) is 71.3 cm³/mol. The van der Waals surface area contributed by atoms with E-state index in [0.29, 0.717) is 0 Å². The van der Waals surface area contributed by atoms with Crippen molar-refractivity contribution in [1.82, 2.24) is 9.97 Å². The lowest BCUT2D eigenvalue weighted by molar-refractivity contribution is -0.141. The van der Waals surface area contributed by atoms with Crippen LogP contribution in [0.15, 0.2) is 30.3 Å². The number of benzene rings is 1. The number of nitrogens with zero attached hydrogens (tertiary/aromatic N) is 3. The molecule has 0 bridgehead atoms. The topological polar surface area (TPSA) is 29.0 Å². The third kappa shape index (κ3) is 3.01. The van der Waals surface area contributed by atoms with Crippen LogP contribution in [-0.4, -0.2) is 17.0 Å². The van der Waals surface area contributed by atoms with E-state index in [4.69, 9.17) is 11.6 Å². The fourth-order valence-electron chi connectivity index (χ4n) is 1.79. The fourth-order valence-corrected chi connectivity index (χ4v) is 1.96. The van der Waals surface area contributed by atoms with Crippen LogP contribution in [0, 0.1) is 6.92 Å². The number of hydrogen-bond donors (Lipinski definition) is 0. The monoisotopic (exact) mass is 301 g/mol. The lowest BCUT2D eigenvalue weighted by Crippen LogP contribution is -2.16. The van der Waals surface area contributed by atoms with E-state index in [2.05, 4.69) is 9.97 Å². The standard InChI is InChI=1S/C13H11ClF3N3/c1-8-5-3-4-6-9(8)20(2)11-7-10(13(15,16)17)18-12(14)19-11/h3-7H,1-2H3. The van der Waals surface area contributed by atoms with Gasteiger partial charge >= 0.3 is 6.18 Å². The average Bonchev–Trinajstić information content (AvgIpc) is 2.37. The number of aryl methyl sites for hydroxylation is 1. The summed E-state index contributed by atoms with van der Waals surface area (Å²) in [6.45, 7) is 1.86. The number of aromatic nitrogens is 2. The Morgan fingerprint density at radius 1 is 1.15 bits per heavy atom. The summed E-state index contributed by atoms with van der Waals surface area (Å²) < 4.78 is 38.2. The van der Waals surface area contributed by atoms with Crippen LogP contribution in [0.3, 0.4) is 0 Å². The first-order chi connectivity index (χ1) is 9.29. The quantitative estimate of drug-likeness (QED) is 0.778. The van der Waals surface area contributed by atoms with Crippen molar-refractivity contribution >= 4 is 23.1 Å². The Morgan fingerprint density at radius 3 is 2.40 bits per heavy atom. The second-order valence-corrected chi connectivity index (χ2v) is 4.56. The molecule has 3 nitrogen and oxygen atoms in total. The van der Waals surface area contributed by atoms with E-state index >= 15 is 0 Å². The first-order valence-corrected chi connectivity index (χ1v) is 6.08. The van der Waals surface area contributed by atoms with Crippen molar-refractivity contribution in [3.63, 3.8) is 0 Å². The van der Waals surface area contributed by atoms with Gasteiger partial charge < -0.3 is 4.90 Å². The summed E-state index contributed by atoms with van der Waals surface area (Å²) >= 11 is 5.58. The van der Waals surface area contributed by atoms with Crippen molar-refractivity contribution in [1.29, 1.82) is 0 Å². The van der Waals surface area contributed by atoms with Crippen LogP contribution in [-0.2, 0) is 6.18 Å². The maximum atomic E-state index is 12.7. The lowest BCUT2D eigenvalue weighted by atomic mass is 10.2. The van der Waals surface area contributed by atoms with Crippen molar-refractivity contribution in [2.24, 2.45) is 0 Å². The van der Waals surface area contributed by atoms with Crippen molar-refractivity contribution < 1.29 is 13.2 Å². The molecule has 0 aliphatic rings. The molecule has 0 saturated heterocycles. The van der Waals surface area contributed by atoms with Gasteiger partial charge in [0.2, 0.25) is 5.28 Å². The first kappa shape index (κ1) is 14.6. The van der Waals surface area contributed by atoms with Gasteiger partial charge in [0, 0.05) is 18.8 Å².